The standard InChI is InChI=1S/C20H29N3O3/c1-16-5-7-18(8-6-16)26-17(2)20(25)23-13-11-21(12-14-23)15-19(24)22-9-3-4-10-22/h5-8,17H,3-4,9-15H2,1-2H3. The van der Waals surface area contributed by atoms with Gasteiger partial charge in [-0.25, -0.2) is 0 Å². The van der Waals surface area contributed by atoms with Crippen molar-refractivity contribution in [3.63, 3.8) is 0 Å². The second-order valence-electron chi connectivity index (χ2n) is 7.26. The van der Waals surface area contributed by atoms with Crippen LogP contribution >= 0.6 is 0 Å². The molecule has 0 aliphatic carbocycles. The molecule has 0 spiro atoms. The molecule has 2 saturated heterocycles. The van der Waals surface area contributed by atoms with Crippen molar-refractivity contribution in [2.75, 3.05) is 45.8 Å². The van der Waals surface area contributed by atoms with Gasteiger partial charge in [0, 0.05) is 39.3 Å². The van der Waals surface area contributed by atoms with E-state index < -0.39 is 6.10 Å². The minimum atomic E-state index is -0.504. The summed E-state index contributed by atoms with van der Waals surface area (Å²) < 4.78 is 5.78. The van der Waals surface area contributed by atoms with E-state index in [0.29, 0.717) is 25.4 Å². The van der Waals surface area contributed by atoms with Gasteiger partial charge in [-0.05, 0) is 38.8 Å². The number of hydrogen-bond acceptors (Lipinski definition) is 4. The first-order valence-corrected chi connectivity index (χ1v) is 9.55. The van der Waals surface area contributed by atoms with E-state index in [1.165, 1.54) is 0 Å². The second-order valence-corrected chi connectivity index (χ2v) is 7.26. The van der Waals surface area contributed by atoms with Crippen molar-refractivity contribution in [3.05, 3.63) is 29.8 Å². The highest BCUT2D eigenvalue weighted by Gasteiger charge is 2.28. The number of amides is 2. The van der Waals surface area contributed by atoms with Gasteiger partial charge in [-0.1, -0.05) is 17.7 Å². The molecule has 6 heteroatoms. The van der Waals surface area contributed by atoms with Crippen molar-refractivity contribution in [2.45, 2.75) is 32.8 Å². The second kappa shape index (κ2) is 8.54. The third kappa shape index (κ3) is 4.75. The van der Waals surface area contributed by atoms with E-state index in [1.807, 2.05) is 41.0 Å². The molecule has 1 unspecified atom stereocenters. The van der Waals surface area contributed by atoms with E-state index >= 15 is 0 Å². The zero-order valence-electron chi connectivity index (χ0n) is 15.8. The topological polar surface area (TPSA) is 53.1 Å². The van der Waals surface area contributed by atoms with Crippen LogP contribution in [0, 0.1) is 6.92 Å². The van der Waals surface area contributed by atoms with Crippen molar-refractivity contribution in [1.29, 1.82) is 0 Å². The summed E-state index contributed by atoms with van der Waals surface area (Å²) in [5.41, 5.74) is 1.16. The summed E-state index contributed by atoms with van der Waals surface area (Å²) in [4.78, 5) is 30.8. The van der Waals surface area contributed by atoms with Crippen LogP contribution in [0.1, 0.15) is 25.3 Å². The van der Waals surface area contributed by atoms with Crippen LogP contribution in [0.4, 0.5) is 0 Å². The molecule has 1 atom stereocenters. The molecule has 2 heterocycles. The van der Waals surface area contributed by atoms with Gasteiger partial charge in [0.15, 0.2) is 6.10 Å². The zero-order chi connectivity index (χ0) is 18.5. The summed E-state index contributed by atoms with van der Waals surface area (Å²) in [6, 6.07) is 7.73. The first kappa shape index (κ1) is 18.7. The number of carbonyl (C=O) groups is 2. The molecular weight excluding hydrogens is 330 g/mol. The van der Waals surface area contributed by atoms with Crippen LogP contribution < -0.4 is 4.74 Å². The first-order valence-electron chi connectivity index (χ1n) is 9.55. The molecule has 1 aromatic carbocycles. The van der Waals surface area contributed by atoms with E-state index in [9.17, 15) is 9.59 Å². The largest absolute Gasteiger partial charge is 0.481 e. The number of hydrogen-bond donors (Lipinski definition) is 0. The van der Waals surface area contributed by atoms with E-state index in [-0.39, 0.29) is 11.8 Å². The maximum Gasteiger partial charge on any atom is 0.263 e. The van der Waals surface area contributed by atoms with Gasteiger partial charge in [0.25, 0.3) is 5.91 Å². The Balaban J connectivity index is 1.43. The van der Waals surface area contributed by atoms with Gasteiger partial charge in [-0.15, -0.1) is 0 Å². The Morgan fingerprint density at radius 3 is 2.19 bits per heavy atom. The Kier molecular flexibility index (Phi) is 6.14. The quantitative estimate of drug-likeness (QED) is 0.800. The molecule has 1 aromatic rings. The SMILES string of the molecule is Cc1ccc(OC(C)C(=O)N2CCN(CC(=O)N3CCCC3)CC2)cc1. The third-order valence-corrected chi connectivity index (χ3v) is 5.18. The number of carbonyl (C=O) groups excluding carboxylic acids is 2. The van der Waals surface area contributed by atoms with Crippen LogP contribution in [-0.4, -0.2) is 78.4 Å². The molecule has 2 fully saturated rings. The fourth-order valence-corrected chi connectivity index (χ4v) is 3.51. The molecule has 0 aromatic heterocycles. The van der Waals surface area contributed by atoms with Gasteiger partial charge < -0.3 is 14.5 Å². The minimum absolute atomic E-state index is 0.0103. The van der Waals surface area contributed by atoms with Gasteiger partial charge in [-0.3, -0.25) is 14.5 Å². The smallest absolute Gasteiger partial charge is 0.263 e. The van der Waals surface area contributed by atoms with Crippen LogP contribution in [0.15, 0.2) is 24.3 Å². The number of rotatable bonds is 5. The lowest BCUT2D eigenvalue weighted by Gasteiger charge is -2.36. The Hall–Kier alpha value is -2.08. The summed E-state index contributed by atoms with van der Waals surface area (Å²) >= 11 is 0. The molecule has 2 aliphatic rings. The molecule has 3 rings (SSSR count). The van der Waals surface area contributed by atoms with Crippen molar-refractivity contribution in [1.82, 2.24) is 14.7 Å². The number of likely N-dealkylation sites (tertiary alicyclic amines) is 1. The molecule has 26 heavy (non-hydrogen) atoms. The average Bonchev–Trinajstić information content (AvgIpc) is 3.18. The number of ether oxygens (including phenoxy) is 1. The maximum atomic E-state index is 12.6. The van der Waals surface area contributed by atoms with Crippen LogP contribution in [0.3, 0.4) is 0 Å². The van der Waals surface area contributed by atoms with E-state index in [0.717, 1.165) is 44.6 Å². The predicted molar refractivity (Wildman–Crippen MR) is 100 cm³/mol. The Morgan fingerprint density at radius 2 is 1.58 bits per heavy atom. The van der Waals surface area contributed by atoms with Crippen molar-refractivity contribution >= 4 is 11.8 Å². The first-order chi connectivity index (χ1) is 12.5. The lowest BCUT2D eigenvalue weighted by molar-refractivity contribution is -0.140. The normalized spacial score (nSPS) is 19.5. The van der Waals surface area contributed by atoms with Gasteiger partial charge in [0.1, 0.15) is 5.75 Å². The van der Waals surface area contributed by atoms with Crippen molar-refractivity contribution in [3.8, 4) is 5.75 Å². The fraction of sp³-hybridized carbons (Fsp3) is 0.600. The van der Waals surface area contributed by atoms with E-state index in [1.54, 1.807) is 6.92 Å². The summed E-state index contributed by atoms with van der Waals surface area (Å²) in [6.07, 6.45) is 1.73. The highest BCUT2D eigenvalue weighted by atomic mass is 16.5. The Bertz CT molecular complexity index is 618. The predicted octanol–water partition coefficient (Wildman–Crippen LogP) is 1.53. The van der Waals surface area contributed by atoms with Gasteiger partial charge >= 0.3 is 0 Å². The number of benzene rings is 1. The Labute approximate surface area is 155 Å². The fourth-order valence-electron chi connectivity index (χ4n) is 3.51. The summed E-state index contributed by atoms with van der Waals surface area (Å²) in [7, 11) is 0. The molecule has 0 radical (unpaired) electrons. The zero-order valence-corrected chi connectivity index (χ0v) is 15.8. The lowest BCUT2D eigenvalue weighted by Crippen LogP contribution is -2.53. The molecule has 2 amide bonds. The van der Waals surface area contributed by atoms with E-state index in [4.69, 9.17) is 4.74 Å². The molecule has 142 valence electrons. The molecule has 0 bridgehead atoms. The molecule has 6 nitrogen and oxygen atoms in total. The molecule has 2 aliphatic heterocycles. The van der Waals surface area contributed by atoms with Crippen LogP contribution in [0.25, 0.3) is 0 Å². The van der Waals surface area contributed by atoms with Crippen LogP contribution in [0.5, 0.6) is 5.75 Å². The minimum Gasteiger partial charge on any atom is -0.481 e. The van der Waals surface area contributed by atoms with Crippen molar-refractivity contribution in [2.24, 2.45) is 0 Å². The average molecular weight is 359 g/mol. The van der Waals surface area contributed by atoms with Gasteiger partial charge in [-0.2, -0.15) is 0 Å². The summed E-state index contributed by atoms with van der Waals surface area (Å²) in [5, 5.41) is 0. The number of aryl methyl sites for hydroxylation is 1. The monoisotopic (exact) mass is 359 g/mol. The van der Waals surface area contributed by atoms with Crippen molar-refractivity contribution < 1.29 is 14.3 Å². The lowest BCUT2D eigenvalue weighted by atomic mass is 10.2. The van der Waals surface area contributed by atoms with Gasteiger partial charge in [0.05, 0.1) is 6.54 Å². The number of nitrogens with zero attached hydrogens (tertiary/aromatic N) is 3. The molecular formula is C20H29N3O3. The Morgan fingerprint density at radius 1 is 0.962 bits per heavy atom. The highest BCUT2D eigenvalue weighted by Crippen LogP contribution is 2.15. The van der Waals surface area contributed by atoms with Crippen LogP contribution in [-0.2, 0) is 9.59 Å². The summed E-state index contributed by atoms with van der Waals surface area (Å²) in [5.74, 6) is 0.945. The molecule has 0 saturated carbocycles. The summed E-state index contributed by atoms with van der Waals surface area (Å²) in [6.45, 7) is 8.85. The number of piperazine rings is 1. The third-order valence-electron chi connectivity index (χ3n) is 5.18. The van der Waals surface area contributed by atoms with Gasteiger partial charge in [0.2, 0.25) is 5.91 Å². The highest BCUT2D eigenvalue weighted by molar-refractivity contribution is 5.81. The van der Waals surface area contributed by atoms with Crippen LogP contribution in [0.2, 0.25) is 0 Å². The van der Waals surface area contributed by atoms with E-state index in [2.05, 4.69) is 4.90 Å². The maximum absolute atomic E-state index is 12.6. The molecule has 0 N–H and O–H groups in total.